The number of para-hydroxylation sites is 2. The first kappa shape index (κ1) is 16.1. The van der Waals surface area contributed by atoms with Crippen LogP contribution in [0.15, 0.2) is 103 Å². The van der Waals surface area contributed by atoms with Gasteiger partial charge in [0.1, 0.15) is 0 Å². The zero-order valence-corrected chi connectivity index (χ0v) is 16.4. The van der Waals surface area contributed by atoms with Crippen molar-refractivity contribution in [1.82, 2.24) is 4.57 Å². The van der Waals surface area contributed by atoms with E-state index >= 15 is 0 Å². The van der Waals surface area contributed by atoms with E-state index in [0.29, 0.717) is 12.0 Å². The van der Waals surface area contributed by atoms with E-state index in [9.17, 15) is 0 Å². The minimum Gasteiger partial charge on any atom is -0.378 e. The highest BCUT2D eigenvalue weighted by Crippen LogP contribution is 2.45. The zero-order valence-electron chi connectivity index (χ0n) is 16.4. The van der Waals surface area contributed by atoms with Gasteiger partial charge in [-0.25, -0.2) is 0 Å². The Morgan fingerprint density at radius 2 is 1.33 bits per heavy atom. The lowest BCUT2D eigenvalue weighted by atomic mass is 9.87. The smallest absolute Gasteiger partial charge is 0.0553 e. The van der Waals surface area contributed by atoms with Crippen molar-refractivity contribution in [2.45, 2.75) is 12.0 Å². The van der Waals surface area contributed by atoms with Gasteiger partial charge in [-0.15, -0.1) is 0 Å². The monoisotopic (exact) mass is 384 g/mol. The molecule has 142 valence electrons. The van der Waals surface area contributed by atoms with E-state index in [2.05, 4.69) is 113 Å². The quantitative estimate of drug-likeness (QED) is 0.331. The Bertz CT molecular complexity index is 1480. The minimum atomic E-state index is 0.308. The van der Waals surface area contributed by atoms with Gasteiger partial charge in [0.05, 0.1) is 17.1 Å². The van der Waals surface area contributed by atoms with E-state index in [1.54, 1.807) is 0 Å². The second-order valence-electron chi connectivity index (χ2n) is 8.26. The number of anilines is 1. The number of rotatable bonds is 1. The standard InChI is InChI=1S/C28H20N2/c1-2-8-20-18(7-1)13-15-25-28(20)23-17-19(14-16-24(23)29-25)30-26-11-5-3-9-21(26)22-10-4-6-12-27(22)30/h1-17,23-24,29H. The number of hydrogen-bond donors (Lipinski definition) is 1. The lowest BCUT2D eigenvalue weighted by Crippen LogP contribution is -2.19. The maximum atomic E-state index is 3.73. The Morgan fingerprint density at radius 1 is 0.667 bits per heavy atom. The Kier molecular flexibility index (Phi) is 3.14. The summed E-state index contributed by atoms with van der Waals surface area (Å²) in [5, 5.41) is 8.99. The summed E-state index contributed by atoms with van der Waals surface area (Å²) in [5.74, 6) is 0.325. The molecular weight excluding hydrogens is 364 g/mol. The summed E-state index contributed by atoms with van der Waals surface area (Å²) >= 11 is 0. The molecule has 2 unspecified atom stereocenters. The molecule has 1 aromatic heterocycles. The molecule has 0 spiro atoms. The lowest BCUT2D eigenvalue weighted by Gasteiger charge is -2.22. The van der Waals surface area contributed by atoms with E-state index < -0.39 is 0 Å². The van der Waals surface area contributed by atoms with Crippen molar-refractivity contribution < 1.29 is 0 Å². The van der Waals surface area contributed by atoms with Gasteiger partial charge in [0.15, 0.2) is 0 Å². The van der Waals surface area contributed by atoms with Gasteiger partial charge in [0, 0.05) is 28.1 Å². The van der Waals surface area contributed by atoms with Crippen LogP contribution < -0.4 is 5.32 Å². The van der Waals surface area contributed by atoms with Crippen molar-refractivity contribution in [2.75, 3.05) is 5.32 Å². The SMILES string of the molecule is C1=CC2Nc3ccc4ccccc4c3C2C=C1n1c2ccccc2c2ccccc21. The highest BCUT2D eigenvalue weighted by Gasteiger charge is 2.33. The summed E-state index contributed by atoms with van der Waals surface area (Å²) in [4.78, 5) is 0. The number of nitrogens with one attached hydrogen (secondary N) is 1. The van der Waals surface area contributed by atoms with E-state index in [4.69, 9.17) is 0 Å². The first-order valence-electron chi connectivity index (χ1n) is 10.6. The van der Waals surface area contributed by atoms with E-state index in [0.717, 1.165) is 0 Å². The van der Waals surface area contributed by atoms with Crippen molar-refractivity contribution >= 4 is 44.0 Å². The molecule has 5 aromatic rings. The van der Waals surface area contributed by atoms with Gasteiger partial charge in [-0.1, -0.05) is 78.9 Å². The molecular formula is C28H20N2. The molecule has 0 saturated carbocycles. The van der Waals surface area contributed by atoms with Crippen LogP contribution in [0.4, 0.5) is 5.69 Å². The third-order valence-electron chi connectivity index (χ3n) is 6.68. The average molecular weight is 384 g/mol. The second-order valence-corrected chi connectivity index (χ2v) is 8.26. The maximum absolute atomic E-state index is 3.73. The van der Waals surface area contributed by atoms with Crippen LogP contribution in [0, 0.1) is 0 Å². The van der Waals surface area contributed by atoms with Crippen LogP contribution in [-0.2, 0) is 0 Å². The highest BCUT2D eigenvalue weighted by molar-refractivity contribution is 6.10. The lowest BCUT2D eigenvalue weighted by molar-refractivity contribution is 0.806. The molecule has 4 aromatic carbocycles. The second kappa shape index (κ2) is 5.87. The summed E-state index contributed by atoms with van der Waals surface area (Å²) in [6.45, 7) is 0. The molecule has 1 N–H and O–H groups in total. The topological polar surface area (TPSA) is 17.0 Å². The van der Waals surface area contributed by atoms with Crippen molar-refractivity contribution in [3.63, 3.8) is 0 Å². The van der Waals surface area contributed by atoms with Crippen molar-refractivity contribution in [3.8, 4) is 0 Å². The molecule has 0 saturated heterocycles. The van der Waals surface area contributed by atoms with Crippen LogP contribution >= 0.6 is 0 Å². The summed E-state index contributed by atoms with van der Waals surface area (Å²) < 4.78 is 2.42. The largest absolute Gasteiger partial charge is 0.378 e. The average Bonchev–Trinajstić information content (AvgIpc) is 3.34. The third kappa shape index (κ3) is 2.08. The van der Waals surface area contributed by atoms with E-state index in [-0.39, 0.29) is 0 Å². The number of nitrogens with zero attached hydrogens (tertiary/aromatic N) is 1. The van der Waals surface area contributed by atoms with Crippen molar-refractivity contribution in [3.05, 3.63) is 109 Å². The summed E-state index contributed by atoms with van der Waals surface area (Å²) in [6, 6.07) is 30.9. The van der Waals surface area contributed by atoms with Crippen LogP contribution in [0.3, 0.4) is 0 Å². The molecule has 2 aliphatic rings. The summed E-state index contributed by atoms with van der Waals surface area (Å²) in [7, 11) is 0. The highest BCUT2D eigenvalue weighted by atomic mass is 15.0. The molecule has 0 amide bonds. The molecule has 2 heterocycles. The van der Waals surface area contributed by atoms with Crippen LogP contribution in [0.2, 0.25) is 0 Å². The fourth-order valence-corrected chi connectivity index (χ4v) is 5.38. The van der Waals surface area contributed by atoms with E-state index in [1.165, 1.54) is 49.5 Å². The zero-order chi connectivity index (χ0) is 19.7. The number of aromatic nitrogens is 1. The van der Waals surface area contributed by atoms with Crippen molar-refractivity contribution in [1.29, 1.82) is 0 Å². The van der Waals surface area contributed by atoms with Crippen LogP contribution in [-0.4, -0.2) is 10.6 Å². The molecule has 2 heteroatoms. The predicted octanol–water partition coefficient (Wildman–Crippen LogP) is 6.94. The Morgan fingerprint density at radius 3 is 2.10 bits per heavy atom. The molecule has 0 radical (unpaired) electrons. The van der Waals surface area contributed by atoms with Crippen molar-refractivity contribution in [2.24, 2.45) is 0 Å². The fourth-order valence-electron chi connectivity index (χ4n) is 5.38. The van der Waals surface area contributed by atoms with Crippen LogP contribution in [0.5, 0.6) is 0 Å². The molecule has 0 fully saturated rings. The summed E-state index contributed by atoms with van der Waals surface area (Å²) in [5.41, 5.74) is 6.44. The Labute approximate surface area is 174 Å². The molecule has 30 heavy (non-hydrogen) atoms. The fraction of sp³-hybridized carbons (Fsp3) is 0.0714. The Balaban J connectivity index is 1.49. The number of allylic oxidation sites excluding steroid dienone is 2. The molecule has 1 aliphatic carbocycles. The van der Waals surface area contributed by atoms with Gasteiger partial charge in [0.2, 0.25) is 0 Å². The van der Waals surface area contributed by atoms with Crippen LogP contribution in [0.1, 0.15) is 11.5 Å². The maximum Gasteiger partial charge on any atom is 0.0553 e. The predicted molar refractivity (Wildman–Crippen MR) is 127 cm³/mol. The van der Waals surface area contributed by atoms with Gasteiger partial charge >= 0.3 is 0 Å². The van der Waals surface area contributed by atoms with Gasteiger partial charge in [0.25, 0.3) is 0 Å². The number of hydrogen-bond acceptors (Lipinski definition) is 1. The van der Waals surface area contributed by atoms with E-state index in [1.807, 2.05) is 0 Å². The molecule has 2 nitrogen and oxygen atoms in total. The van der Waals surface area contributed by atoms with Gasteiger partial charge in [-0.2, -0.15) is 0 Å². The minimum absolute atomic E-state index is 0.308. The number of benzene rings is 4. The first-order chi connectivity index (χ1) is 14.9. The van der Waals surface area contributed by atoms with Gasteiger partial charge in [-0.05, 0) is 40.6 Å². The molecule has 2 atom stereocenters. The van der Waals surface area contributed by atoms with Gasteiger partial charge < -0.3 is 9.88 Å². The van der Waals surface area contributed by atoms with Crippen LogP contribution in [0.25, 0.3) is 38.3 Å². The molecule has 1 aliphatic heterocycles. The summed E-state index contributed by atoms with van der Waals surface area (Å²) in [6.07, 6.45) is 7.06. The third-order valence-corrected chi connectivity index (χ3v) is 6.68. The molecule has 0 bridgehead atoms. The molecule has 7 rings (SSSR count). The Hall–Kier alpha value is -3.78. The normalized spacial score (nSPS) is 19.7. The van der Waals surface area contributed by atoms with Gasteiger partial charge in [-0.3, -0.25) is 0 Å². The number of fused-ring (bicyclic) bond motifs is 8. The first-order valence-corrected chi connectivity index (χ1v) is 10.6.